The average molecular weight is 328 g/mol. The van der Waals surface area contributed by atoms with Gasteiger partial charge in [0, 0.05) is 17.7 Å². The Kier molecular flexibility index (Phi) is 8.61. The molecule has 2 rings (SSSR count). The van der Waals surface area contributed by atoms with Crippen LogP contribution in [0.4, 0.5) is 0 Å². The first kappa shape index (κ1) is 19.7. The smallest absolute Gasteiger partial charge is 0.199 e. The number of ketones is 2. The van der Waals surface area contributed by atoms with Crippen LogP contribution in [-0.2, 0) is 4.74 Å². The minimum Gasteiger partial charge on any atom is -0.412 e. The van der Waals surface area contributed by atoms with E-state index in [4.69, 9.17) is 4.74 Å². The van der Waals surface area contributed by atoms with E-state index < -0.39 is 6.10 Å². The maximum atomic E-state index is 12.7. The summed E-state index contributed by atoms with van der Waals surface area (Å²) >= 11 is 0. The summed E-state index contributed by atoms with van der Waals surface area (Å²) in [4.78, 5) is 25.4. The Balaban J connectivity index is 0.00000288. The summed E-state index contributed by atoms with van der Waals surface area (Å²) in [6.07, 6.45) is 1.85. The fourth-order valence-electron chi connectivity index (χ4n) is 2.33. The zero-order valence-electron chi connectivity index (χ0n) is 13.9. The minimum absolute atomic E-state index is 0. The topological polar surface area (TPSA) is 74.9 Å². The molecule has 0 bridgehead atoms. The van der Waals surface area contributed by atoms with Gasteiger partial charge in [-0.2, -0.15) is 0 Å². The number of Topliss-reactive ketones (excluding diaryl/α,β-unsaturated/α-hetero) is 2. The lowest BCUT2D eigenvalue weighted by molar-refractivity contribution is 0.0359. The molecule has 0 aliphatic carbocycles. The summed E-state index contributed by atoms with van der Waals surface area (Å²) in [5.41, 5.74) is 0.995. The molecule has 2 N–H and O–H groups in total. The Morgan fingerprint density at radius 1 is 0.833 bits per heavy atom. The van der Waals surface area contributed by atoms with Crippen LogP contribution in [0.3, 0.4) is 0 Å². The number of carbonyl (C=O) groups is 2. The van der Waals surface area contributed by atoms with Crippen LogP contribution < -0.4 is 0 Å². The number of unbranched alkanes of at least 4 members (excludes halogenated alkanes) is 2. The maximum Gasteiger partial charge on any atom is 0.199 e. The summed E-state index contributed by atoms with van der Waals surface area (Å²) in [6, 6.07) is 17.7. The number of rotatable bonds is 9. The molecule has 24 heavy (non-hydrogen) atoms. The van der Waals surface area contributed by atoms with Gasteiger partial charge in [-0.25, -0.2) is 0 Å². The molecule has 0 spiro atoms. The van der Waals surface area contributed by atoms with E-state index in [2.05, 4.69) is 6.92 Å². The van der Waals surface area contributed by atoms with Gasteiger partial charge in [-0.05, 0) is 6.42 Å². The van der Waals surface area contributed by atoms with E-state index in [1.54, 1.807) is 48.5 Å². The molecule has 0 unspecified atom stereocenters. The summed E-state index contributed by atoms with van der Waals surface area (Å²) in [5.74, 6) is -0.563. The van der Waals surface area contributed by atoms with E-state index in [1.807, 2.05) is 12.1 Å². The molecule has 2 aromatic carbocycles. The standard InChI is InChI=1S/C20H22O3.H2O/c1-2-3-10-15-23-20(18(21)16-11-6-4-7-12-16)19(22)17-13-8-5-9-14-17;/h4-9,11-14,20H,2-3,10,15H2,1H3;1H2. The lowest BCUT2D eigenvalue weighted by Gasteiger charge is -2.16. The van der Waals surface area contributed by atoms with E-state index in [9.17, 15) is 9.59 Å². The number of hydrogen-bond acceptors (Lipinski definition) is 3. The van der Waals surface area contributed by atoms with Crippen molar-refractivity contribution >= 4 is 11.6 Å². The highest BCUT2D eigenvalue weighted by Crippen LogP contribution is 2.13. The van der Waals surface area contributed by atoms with Gasteiger partial charge in [0.15, 0.2) is 17.7 Å². The SMILES string of the molecule is CCCCCOC(C(=O)c1ccccc1)C(=O)c1ccccc1.O. The molecule has 0 saturated heterocycles. The summed E-state index contributed by atoms with van der Waals surface area (Å²) in [5, 5.41) is 0. The Labute approximate surface area is 142 Å². The predicted molar refractivity (Wildman–Crippen MR) is 94.4 cm³/mol. The molecular weight excluding hydrogens is 304 g/mol. The van der Waals surface area contributed by atoms with Crippen LogP contribution in [-0.4, -0.2) is 29.8 Å². The van der Waals surface area contributed by atoms with Gasteiger partial charge >= 0.3 is 0 Å². The molecule has 0 aliphatic rings. The van der Waals surface area contributed by atoms with Crippen molar-refractivity contribution in [3.63, 3.8) is 0 Å². The van der Waals surface area contributed by atoms with E-state index in [-0.39, 0.29) is 17.0 Å². The summed E-state index contributed by atoms with van der Waals surface area (Å²) < 4.78 is 5.68. The molecule has 0 saturated carbocycles. The third-order valence-electron chi connectivity index (χ3n) is 3.63. The van der Waals surface area contributed by atoms with Crippen molar-refractivity contribution < 1.29 is 19.8 Å². The van der Waals surface area contributed by atoms with Gasteiger partial charge in [0.25, 0.3) is 0 Å². The van der Waals surface area contributed by atoms with E-state index in [0.29, 0.717) is 17.7 Å². The Morgan fingerprint density at radius 3 is 1.71 bits per heavy atom. The average Bonchev–Trinajstić information content (AvgIpc) is 2.62. The quantitative estimate of drug-likeness (QED) is 0.401. The normalized spacial score (nSPS) is 10.2. The molecule has 0 atom stereocenters. The first-order chi connectivity index (χ1) is 11.2. The molecule has 128 valence electrons. The molecule has 4 nitrogen and oxygen atoms in total. The molecule has 0 heterocycles. The van der Waals surface area contributed by atoms with Gasteiger partial charge in [0.1, 0.15) is 0 Å². The van der Waals surface area contributed by atoms with Crippen LogP contribution in [0.5, 0.6) is 0 Å². The van der Waals surface area contributed by atoms with Gasteiger partial charge in [-0.15, -0.1) is 0 Å². The van der Waals surface area contributed by atoms with E-state index in [0.717, 1.165) is 19.3 Å². The molecule has 0 fully saturated rings. The predicted octanol–water partition coefficient (Wildman–Crippen LogP) is 3.50. The Bertz CT molecular complexity index is 571. The molecule has 0 amide bonds. The van der Waals surface area contributed by atoms with E-state index >= 15 is 0 Å². The van der Waals surface area contributed by atoms with Crippen molar-refractivity contribution in [1.82, 2.24) is 0 Å². The Hall–Kier alpha value is -2.30. The number of hydrogen-bond donors (Lipinski definition) is 0. The molecular formula is C20H24O4. The van der Waals surface area contributed by atoms with Gasteiger partial charge in [0.2, 0.25) is 0 Å². The Morgan fingerprint density at radius 2 is 1.29 bits per heavy atom. The van der Waals surface area contributed by atoms with Crippen molar-refractivity contribution in [2.75, 3.05) is 6.61 Å². The second-order valence-corrected chi connectivity index (χ2v) is 5.42. The molecule has 0 aromatic heterocycles. The van der Waals surface area contributed by atoms with Crippen LogP contribution >= 0.6 is 0 Å². The van der Waals surface area contributed by atoms with Crippen molar-refractivity contribution in [3.8, 4) is 0 Å². The highest BCUT2D eigenvalue weighted by Gasteiger charge is 2.29. The summed E-state index contributed by atoms with van der Waals surface area (Å²) in [7, 11) is 0. The largest absolute Gasteiger partial charge is 0.412 e. The maximum absolute atomic E-state index is 12.7. The third kappa shape index (κ3) is 5.41. The van der Waals surface area contributed by atoms with Crippen LogP contribution in [0.2, 0.25) is 0 Å². The molecule has 4 heteroatoms. The first-order valence-electron chi connectivity index (χ1n) is 8.04. The van der Waals surface area contributed by atoms with Crippen molar-refractivity contribution in [3.05, 3.63) is 71.8 Å². The van der Waals surface area contributed by atoms with Crippen molar-refractivity contribution in [2.45, 2.75) is 32.3 Å². The minimum atomic E-state index is -1.07. The third-order valence-corrected chi connectivity index (χ3v) is 3.63. The highest BCUT2D eigenvalue weighted by atomic mass is 16.5. The number of ether oxygens (including phenoxy) is 1. The van der Waals surface area contributed by atoms with Gasteiger partial charge in [0.05, 0.1) is 0 Å². The zero-order chi connectivity index (χ0) is 16.5. The first-order valence-corrected chi connectivity index (χ1v) is 8.04. The second kappa shape index (κ2) is 10.5. The number of carbonyl (C=O) groups excluding carboxylic acids is 2. The van der Waals surface area contributed by atoms with Gasteiger partial charge in [-0.1, -0.05) is 80.4 Å². The fourth-order valence-corrected chi connectivity index (χ4v) is 2.33. The van der Waals surface area contributed by atoms with Crippen molar-refractivity contribution in [2.24, 2.45) is 0 Å². The van der Waals surface area contributed by atoms with Crippen LogP contribution in [0.1, 0.15) is 46.9 Å². The van der Waals surface area contributed by atoms with Crippen LogP contribution in [0, 0.1) is 0 Å². The molecule has 0 aliphatic heterocycles. The molecule has 2 aromatic rings. The zero-order valence-corrected chi connectivity index (χ0v) is 13.9. The van der Waals surface area contributed by atoms with Crippen molar-refractivity contribution in [1.29, 1.82) is 0 Å². The van der Waals surface area contributed by atoms with E-state index in [1.165, 1.54) is 0 Å². The second-order valence-electron chi connectivity index (χ2n) is 5.42. The monoisotopic (exact) mass is 328 g/mol. The van der Waals surface area contributed by atoms with Gasteiger partial charge in [-0.3, -0.25) is 9.59 Å². The highest BCUT2D eigenvalue weighted by molar-refractivity contribution is 6.18. The lowest BCUT2D eigenvalue weighted by atomic mass is 9.98. The lowest BCUT2D eigenvalue weighted by Crippen LogP contribution is -2.33. The molecule has 0 radical (unpaired) electrons. The fraction of sp³-hybridized carbons (Fsp3) is 0.300. The summed E-state index contributed by atoms with van der Waals surface area (Å²) in [6.45, 7) is 2.51. The van der Waals surface area contributed by atoms with Gasteiger partial charge < -0.3 is 10.2 Å². The van der Waals surface area contributed by atoms with Crippen LogP contribution in [0.25, 0.3) is 0 Å². The number of benzene rings is 2. The van der Waals surface area contributed by atoms with Crippen LogP contribution in [0.15, 0.2) is 60.7 Å².